The number of rotatable bonds is 3. The largest absolute Gasteiger partial charge is 0.506 e. The highest BCUT2D eigenvalue weighted by atomic mass is 35.5. The lowest BCUT2D eigenvalue weighted by Crippen LogP contribution is -2.30. The van der Waals surface area contributed by atoms with Gasteiger partial charge in [0, 0.05) is 10.6 Å². The molecule has 114 valence electrons. The standard InChI is InChI=1S/C13H12Cl4N2O2/c1-6(8-3-7(14)4-9(15)10(8)20)18-19-11(21)12(2)5-13(12,16)17/h3-4,20H,5H2,1-2H3,(H,19,21)/b18-6+/t12-/m1/s1. The van der Waals surface area contributed by atoms with E-state index in [0.717, 1.165) is 0 Å². The van der Waals surface area contributed by atoms with Gasteiger partial charge in [0.05, 0.1) is 16.1 Å². The van der Waals surface area contributed by atoms with E-state index in [9.17, 15) is 9.90 Å². The van der Waals surface area contributed by atoms with Crippen molar-refractivity contribution < 1.29 is 9.90 Å². The van der Waals surface area contributed by atoms with Crippen molar-refractivity contribution >= 4 is 58.0 Å². The van der Waals surface area contributed by atoms with Crippen LogP contribution < -0.4 is 5.43 Å². The van der Waals surface area contributed by atoms with Crippen LogP contribution in [0.5, 0.6) is 5.75 Å². The lowest BCUT2D eigenvalue weighted by atomic mass is 10.1. The lowest BCUT2D eigenvalue weighted by Gasteiger charge is -2.11. The summed E-state index contributed by atoms with van der Waals surface area (Å²) in [5.41, 5.74) is 2.20. The number of carbonyl (C=O) groups is 1. The highest BCUT2D eigenvalue weighted by Crippen LogP contribution is 2.63. The molecule has 1 amide bonds. The zero-order valence-electron chi connectivity index (χ0n) is 11.2. The number of phenols is 1. The fraction of sp³-hybridized carbons (Fsp3) is 0.385. The van der Waals surface area contributed by atoms with E-state index in [-0.39, 0.29) is 16.7 Å². The third kappa shape index (κ3) is 3.09. The molecule has 0 aromatic heterocycles. The minimum atomic E-state index is -1.07. The first-order valence-corrected chi connectivity index (χ1v) is 7.50. The molecule has 4 nitrogen and oxygen atoms in total. The normalized spacial score (nSPS) is 23.8. The molecule has 1 fully saturated rings. The van der Waals surface area contributed by atoms with Crippen molar-refractivity contribution in [2.75, 3.05) is 0 Å². The number of hydrogen-bond acceptors (Lipinski definition) is 3. The van der Waals surface area contributed by atoms with Crippen molar-refractivity contribution in [1.82, 2.24) is 5.43 Å². The topological polar surface area (TPSA) is 61.7 Å². The number of aromatic hydroxyl groups is 1. The van der Waals surface area contributed by atoms with Crippen molar-refractivity contribution in [1.29, 1.82) is 0 Å². The Bertz CT molecular complexity index is 645. The first-order valence-electron chi connectivity index (χ1n) is 5.99. The average Bonchev–Trinajstić information content (AvgIpc) is 2.91. The lowest BCUT2D eigenvalue weighted by molar-refractivity contribution is -0.125. The molecule has 21 heavy (non-hydrogen) atoms. The van der Waals surface area contributed by atoms with Gasteiger partial charge in [0.15, 0.2) is 0 Å². The van der Waals surface area contributed by atoms with Crippen molar-refractivity contribution in [3.8, 4) is 5.75 Å². The van der Waals surface area contributed by atoms with E-state index in [1.165, 1.54) is 12.1 Å². The molecule has 0 heterocycles. The van der Waals surface area contributed by atoms with Gasteiger partial charge in [-0.1, -0.05) is 23.2 Å². The van der Waals surface area contributed by atoms with Crippen LogP contribution in [-0.2, 0) is 4.79 Å². The number of amides is 1. The Morgan fingerprint density at radius 1 is 1.38 bits per heavy atom. The predicted molar refractivity (Wildman–Crippen MR) is 85.6 cm³/mol. The smallest absolute Gasteiger partial charge is 0.249 e. The summed E-state index contributed by atoms with van der Waals surface area (Å²) in [6.07, 6.45) is 0.359. The van der Waals surface area contributed by atoms with Crippen molar-refractivity contribution in [2.24, 2.45) is 10.5 Å². The zero-order chi connectivity index (χ0) is 16.0. The van der Waals surface area contributed by atoms with Crippen LogP contribution in [0.2, 0.25) is 10.0 Å². The zero-order valence-corrected chi connectivity index (χ0v) is 14.2. The minimum Gasteiger partial charge on any atom is -0.506 e. The summed E-state index contributed by atoms with van der Waals surface area (Å²) in [5, 5.41) is 14.3. The maximum Gasteiger partial charge on any atom is 0.249 e. The van der Waals surface area contributed by atoms with Crippen LogP contribution in [0, 0.1) is 5.41 Å². The summed E-state index contributed by atoms with van der Waals surface area (Å²) < 4.78 is -1.07. The highest BCUT2D eigenvalue weighted by Gasteiger charge is 2.68. The second-order valence-electron chi connectivity index (χ2n) is 5.14. The molecule has 1 aliphatic carbocycles. The molecule has 0 bridgehead atoms. The molecule has 8 heteroatoms. The van der Waals surface area contributed by atoms with Crippen LogP contribution in [0.4, 0.5) is 0 Å². The molecule has 0 saturated heterocycles. The molecule has 1 saturated carbocycles. The van der Waals surface area contributed by atoms with Gasteiger partial charge in [-0.3, -0.25) is 4.79 Å². The summed E-state index contributed by atoms with van der Waals surface area (Å²) in [6.45, 7) is 3.26. The van der Waals surface area contributed by atoms with E-state index in [0.29, 0.717) is 22.7 Å². The number of hydrazone groups is 1. The number of nitrogens with one attached hydrogen (secondary N) is 1. The molecular formula is C13H12Cl4N2O2. The number of carbonyl (C=O) groups excluding carboxylic acids is 1. The van der Waals surface area contributed by atoms with Crippen molar-refractivity contribution in [2.45, 2.75) is 24.6 Å². The summed E-state index contributed by atoms with van der Waals surface area (Å²) >= 11 is 23.6. The molecule has 2 rings (SSSR count). The maximum atomic E-state index is 12.0. The maximum absolute atomic E-state index is 12.0. The highest BCUT2D eigenvalue weighted by molar-refractivity contribution is 6.53. The van der Waals surface area contributed by atoms with Gasteiger partial charge >= 0.3 is 0 Å². The van der Waals surface area contributed by atoms with Gasteiger partial charge in [0.25, 0.3) is 0 Å². The second-order valence-corrected chi connectivity index (χ2v) is 7.46. The van der Waals surface area contributed by atoms with Crippen LogP contribution in [0.1, 0.15) is 25.8 Å². The van der Waals surface area contributed by atoms with Gasteiger partial charge in [-0.2, -0.15) is 5.10 Å². The summed E-state index contributed by atoms with van der Waals surface area (Å²) in [4.78, 5) is 12.0. The summed E-state index contributed by atoms with van der Waals surface area (Å²) in [5.74, 6) is -0.544. The van der Waals surface area contributed by atoms with Gasteiger partial charge in [-0.15, -0.1) is 23.2 Å². The van der Waals surface area contributed by atoms with Crippen LogP contribution in [-0.4, -0.2) is 21.1 Å². The van der Waals surface area contributed by atoms with E-state index in [1.807, 2.05) is 0 Å². The molecule has 1 aromatic carbocycles. The Hall–Kier alpha value is -0.680. The first kappa shape index (κ1) is 16.7. The number of hydrogen-bond donors (Lipinski definition) is 2. The predicted octanol–water partition coefficient (Wildman–Crippen LogP) is 4.12. The van der Waals surface area contributed by atoms with Crippen molar-refractivity contribution in [3.05, 3.63) is 27.7 Å². The fourth-order valence-electron chi connectivity index (χ4n) is 1.81. The molecule has 0 aliphatic heterocycles. The van der Waals surface area contributed by atoms with E-state index >= 15 is 0 Å². The van der Waals surface area contributed by atoms with Gasteiger partial charge < -0.3 is 5.11 Å². The van der Waals surface area contributed by atoms with E-state index in [4.69, 9.17) is 46.4 Å². The molecule has 1 aliphatic rings. The Morgan fingerprint density at radius 3 is 2.48 bits per heavy atom. The third-order valence-electron chi connectivity index (χ3n) is 3.50. The number of halogens is 4. The molecule has 1 aromatic rings. The Balaban J connectivity index is 2.18. The molecule has 0 radical (unpaired) electrons. The third-order valence-corrected chi connectivity index (χ3v) is 5.11. The van der Waals surface area contributed by atoms with Crippen LogP contribution in [0.3, 0.4) is 0 Å². The van der Waals surface area contributed by atoms with Gasteiger partial charge in [0.1, 0.15) is 10.1 Å². The van der Waals surface area contributed by atoms with Gasteiger partial charge in [-0.05, 0) is 32.4 Å². The van der Waals surface area contributed by atoms with Gasteiger partial charge in [0.2, 0.25) is 5.91 Å². The number of phenolic OH excluding ortho intramolecular Hbond substituents is 1. The van der Waals surface area contributed by atoms with Crippen molar-refractivity contribution in [3.63, 3.8) is 0 Å². The molecule has 0 spiro atoms. The minimum absolute atomic E-state index is 0.105. The quantitative estimate of drug-likeness (QED) is 0.478. The number of alkyl halides is 2. The number of benzene rings is 1. The van der Waals surface area contributed by atoms with Crippen LogP contribution in [0.25, 0.3) is 0 Å². The first-order chi connectivity index (χ1) is 9.58. The number of nitrogens with zero attached hydrogens (tertiary/aromatic N) is 1. The second kappa shape index (κ2) is 5.51. The molecular weight excluding hydrogens is 358 g/mol. The Kier molecular flexibility index (Phi) is 4.37. The SMILES string of the molecule is C/C(=N\NC(=O)[C@@]1(C)CC1(Cl)Cl)c1cc(Cl)cc(Cl)c1O. The van der Waals surface area contributed by atoms with Crippen LogP contribution >= 0.6 is 46.4 Å². The van der Waals surface area contributed by atoms with E-state index in [2.05, 4.69) is 10.5 Å². The molecule has 0 unspecified atom stereocenters. The van der Waals surface area contributed by atoms with E-state index < -0.39 is 9.75 Å². The Labute approximate surface area is 142 Å². The van der Waals surface area contributed by atoms with Gasteiger partial charge in [-0.25, -0.2) is 5.43 Å². The summed E-state index contributed by atoms with van der Waals surface area (Å²) in [6, 6.07) is 2.91. The van der Waals surface area contributed by atoms with Crippen LogP contribution in [0.15, 0.2) is 17.2 Å². The average molecular weight is 370 g/mol. The fourth-order valence-corrected chi connectivity index (χ4v) is 3.01. The monoisotopic (exact) mass is 368 g/mol. The van der Waals surface area contributed by atoms with E-state index in [1.54, 1.807) is 13.8 Å². The summed E-state index contributed by atoms with van der Waals surface area (Å²) in [7, 11) is 0. The Morgan fingerprint density at radius 2 is 1.95 bits per heavy atom. The molecule has 2 N–H and O–H groups in total. The molecule has 1 atom stereocenters.